The number of carbonyl (C=O) groups is 2. The van der Waals surface area contributed by atoms with Gasteiger partial charge in [0.05, 0.1) is 25.6 Å². The highest BCUT2D eigenvalue weighted by Crippen LogP contribution is 2.27. The minimum atomic E-state index is -0.601. The van der Waals surface area contributed by atoms with E-state index in [-0.39, 0.29) is 17.8 Å². The van der Waals surface area contributed by atoms with E-state index in [0.717, 1.165) is 0 Å². The molecule has 9 heteroatoms. The number of nitro benzene ring substituents is 1. The number of hydrogen-bond donors (Lipinski definition) is 1. The van der Waals surface area contributed by atoms with E-state index in [2.05, 4.69) is 5.32 Å². The maximum Gasteiger partial charge on any atom is 0.310 e. The molecule has 0 heterocycles. The third kappa shape index (κ3) is 5.70. The van der Waals surface area contributed by atoms with Crippen molar-refractivity contribution < 1.29 is 28.7 Å². The van der Waals surface area contributed by atoms with E-state index in [4.69, 9.17) is 14.2 Å². The number of esters is 1. The van der Waals surface area contributed by atoms with Gasteiger partial charge in [-0.2, -0.15) is 0 Å². The molecule has 0 unspecified atom stereocenters. The molecule has 2 aromatic carbocycles. The Morgan fingerprint density at radius 1 is 1.07 bits per heavy atom. The molecule has 0 aliphatic heterocycles. The average Bonchev–Trinajstić information content (AvgIpc) is 2.66. The quantitative estimate of drug-likeness (QED) is 0.428. The van der Waals surface area contributed by atoms with Gasteiger partial charge in [-0.15, -0.1) is 0 Å². The first-order valence-electron chi connectivity index (χ1n) is 7.83. The number of hydrogen-bond acceptors (Lipinski definition) is 7. The molecule has 9 nitrogen and oxygen atoms in total. The number of nitrogens with one attached hydrogen (secondary N) is 1. The number of benzene rings is 2. The maximum atomic E-state index is 11.9. The molecule has 1 N–H and O–H groups in total. The molecule has 0 saturated carbocycles. The average molecular weight is 374 g/mol. The van der Waals surface area contributed by atoms with Crippen LogP contribution in [-0.2, 0) is 20.7 Å². The summed E-state index contributed by atoms with van der Waals surface area (Å²) in [5.41, 5.74) is 0.722. The maximum absolute atomic E-state index is 11.9. The van der Waals surface area contributed by atoms with E-state index in [1.54, 1.807) is 18.2 Å². The van der Waals surface area contributed by atoms with Crippen LogP contribution in [0.4, 0.5) is 11.4 Å². The van der Waals surface area contributed by atoms with Gasteiger partial charge in [-0.1, -0.05) is 12.1 Å². The second-order valence-corrected chi connectivity index (χ2v) is 5.38. The minimum Gasteiger partial charge on any atom is -0.493 e. The lowest BCUT2D eigenvalue weighted by Crippen LogP contribution is -2.21. The van der Waals surface area contributed by atoms with Gasteiger partial charge in [-0.05, 0) is 23.8 Å². The fourth-order valence-corrected chi connectivity index (χ4v) is 2.25. The molecular formula is C18H18N2O7. The Morgan fingerprint density at radius 3 is 2.48 bits per heavy atom. The number of rotatable bonds is 8. The number of ether oxygens (including phenoxy) is 3. The third-order valence-corrected chi connectivity index (χ3v) is 3.50. The van der Waals surface area contributed by atoms with Crippen molar-refractivity contribution in [1.82, 2.24) is 0 Å². The Bertz CT molecular complexity index is 851. The second-order valence-electron chi connectivity index (χ2n) is 5.38. The Morgan fingerprint density at radius 2 is 1.81 bits per heavy atom. The van der Waals surface area contributed by atoms with Crippen LogP contribution >= 0.6 is 0 Å². The number of nitrogens with zero attached hydrogens (tertiary/aromatic N) is 1. The zero-order valence-electron chi connectivity index (χ0n) is 14.8. The SMILES string of the molecule is COc1ccc(CC(=O)OCC(=O)Nc2cccc([N+](=O)[O-])c2)cc1OC. The zero-order chi connectivity index (χ0) is 19.8. The van der Waals surface area contributed by atoms with Crippen LogP contribution in [0.2, 0.25) is 0 Å². The first-order chi connectivity index (χ1) is 12.9. The van der Waals surface area contributed by atoms with E-state index in [9.17, 15) is 19.7 Å². The molecule has 1 amide bonds. The topological polar surface area (TPSA) is 117 Å². The van der Waals surface area contributed by atoms with Gasteiger partial charge in [-0.25, -0.2) is 0 Å². The molecule has 2 aromatic rings. The zero-order valence-corrected chi connectivity index (χ0v) is 14.8. The van der Waals surface area contributed by atoms with Crippen molar-refractivity contribution in [3.8, 4) is 11.5 Å². The van der Waals surface area contributed by atoms with Crippen molar-refractivity contribution in [2.45, 2.75) is 6.42 Å². The number of nitro groups is 1. The summed E-state index contributed by atoms with van der Waals surface area (Å²) in [6.07, 6.45) is -0.0511. The highest BCUT2D eigenvalue weighted by Gasteiger charge is 2.12. The Kier molecular flexibility index (Phi) is 6.70. The van der Waals surface area contributed by atoms with Crippen molar-refractivity contribution in [3.05, 3.63) is 58.1 Å². The summed E-state index contributed by atoms with van der Waals surface area (Å²) in [7, 11) is 2.99. The highest BCUT2D eigenvalue weighted by atomic mass is 16.6. The molecule has 0 spiro atoms. The van der Waals surface area contributed by atoms with Crippen LogP contribution in [0.25, 0.3) is 0 Å². The van der Waals surface area contributed by atoms with E-state index < -0.39 is 23.4 Å². The van der Waals surface area contributed by atoms with Gasteiger partial charge < -0.3 is 19.5 Å². The van der Waals surface area contributed by atoms with Gasteiger partial charge in [0.15, 0.2) is 18.1 Å². The summed E-state index contributed by atoms with van der Waals surface area (Å²) in [5, 5.41) is 13.2. The Balaban J connectivity index is 1.87. The van der Waals surface area contributed by atoms with Gasteiger partial charge in [0.25, 0.3) is 11.6 Å². The van der Waals surface area contributed by atoms with Gasteiger partial charge >= 0.3 is 5.97 Å². The van der Waals surface area contributed by atoms with E-state index in [1.165, 1.54) is 38.5 Å². The molecular weight excluding hydrogens is 356 g/mol. The first kappa shape index (κ1) is 19.7. The summed E-state index contributed by atoms with van der Waals surface area (Å²) in [5.74, 6) is -0.190. The van der Waals surface area contributed by atoms with Crippen molar-refractivity contribution in [1.29, 1.82) is 0 Å². The van der Waals surface area contributed by atoms with Gasteiger partial charge in [-0.3, -0.25) is 19.7 Å². The Hall–Kier alpha value is -3.62. The van der Waals surface area contributed by atoms with Crippen molar-refractivity contribution in [2.75, 3.05) is 26.1 Å². The number of carbonyl (C=O) groups excluding carboxylic acids is 2. The minimum absolute atomic E-state index is 0.0511. The molecule has 2 rings (SSSR count). The molecule has 0 aliphatic rings. The standard InChI is InChI=1S/C18H18N2O7/c1-25-15-7-6-12(8-16(15)26-2)9-18(22)27-11-17(21)19-13-4-3-5-14(10-13)20(23)24/h3-8,10H,9,11H2,1-2H3,(H,19,21). The molecule has 0 atom stereocenters. The highest BCUT2D eigenvalue weighted by molar-refractivity contribution is 5.93. The van der Waals surface area contributed by atoms with Crippen LogP contribution in [0.5, 0.6) is 11.5 Å². The van der Waals surface area contributed by atoms with Crippen LogP contribution in [0.1, 0.15) is 5.56 Å². The molecule has 27 heavy (non-hydrogen) atoms. The number of anilines is 1. The fraction of sp³-hybridized carbons (Fsp3) is 0.222. The number of methoxy groups -OCH3 is 2. The summed E-state index contributed by atoms with van der Waals surface area (Å²) in [4.78, 5) is 33.9. The van der Waals surface area contributed by atoms with Crippen LogP contribution in [0.15, 0.2) is 42.5 Å². The molecule has 0 radical (unpaired) electrons. The molecule has 0 aliphatic carbocycles. The summed E-state index contributed by atoms with van der Waals surface area (Å²) < 4.78 is 15.2. The molecule has 0 saturated heterocycles. The monoisotopic (exact) mass is 374 g/mol. The molecule has 0 aromatic heterocycles. The van der Waals surface area contributed by atoms with E-state index >= 15 is 0 Å². The molecule has 0 fully saturated rings. The lowest BCUT2D eigenvalue weighted by Gasteiger charge is -2.10. The van der Waals surface area contributed by atoms with Crippen LogP contribution in [-0.4, -0.2) is 37.6 Å². The summed E-state index contributed by atoms with van der Waals surface area (Å²) >= 11 is 0. The van der Waals surface area contributed by atoms with Crippen molar-refractivity contribution >= 4 is 23.3 Å². The predicted molar refractivity (Wildman–Crippen MR) is 95.9 cm³/mol. The van der Waals surface area contributed by atoms with Gasteiger partial charge in [0, 0.05) is 17.8 Å². The summed E-state index contributed by atoms with van der Waals surface area (Å²) in [6, 6.07) is 10.4. The van der Waals surface area contributed by atoms with Crippen molar-refractivity contribution in [3.63, 3.8) is 0 Å². The van der Waals surface area contributed by atoms with E-state index in [0.29, 0.717) is 17.1 Å². The lowest BCUT2D eigenvalue weighted by molar-refractivity contribution is -0.384. The smallest absolute Gasteiger partial charge is 0.310 e. The van der Waals surface area contributed by atoms with Crippen molar-refractivity contribution in [2.24, 2.45) is 0 Å². The van der Waals surface area contributed by atoms with Crippen LogP contribution < -0.4 is 14.8 Å². The summed E-state index contributed by atoms with van der Waals surface area (Å²) in [6.45, 7) is -0.505. The predicted octanol–water partition coefficient (Wildman–Crippen LogP) is 2.34. The number of amides is 1. The largest absolute Gasteiger partial charge is 0.493 e. The van der Waals surface area contributed by atoms with Gasteiger partial charge in [0.2, 0.25) is 0 Å². The second kappa shape index (κ2) is 9.18. The van der Waals surface area contributed by atoms with Crippen LogP contribution in [0, 0.1) is 10.1 Å². The fourth-order valence-electron chi connectivity index (χ4n) is 2.25. The number of non-ortho nitro benzene ring substituents is 1. The first-order valence-corrected chi connectivity index (χ1v) is 7.83. The third-order valence-electron chi connectivity index (χ3n) is 3.50. The molecule has 0 bridgehead atoms. The normalized spacial score (nSPS) is 10.0. The van der Waals surface area contributed by atoms with Crippen LogP contribution in [0.3, 0.4) is 0 Å². The van der Waals surface area contributed by atoms with Gasteiger partial charge in [0.1, 0.15) is 0 Å². The Labute approximate surface area is 155 Å². The molecule has 142 valence electrons. The van der Waals surface area contributed by atoms with E-state index in [1.807, 2.05) is 0 Å². The lowest BCUT2D eigenvalue weighted by atomic mass is 10.1.